The first-order chi connectivity index (χ1) is 10.3. The summed E-state index contributed by atoms with van der Waals surface area (Å²) in [5.41, 5.74) is 2.92. The number of aryl methyl sites for hydroxylation is 1. The fourth-order valence-electron chi connectivity index (χ4n) is 4.26. The summed E-state index contributed by atoms with van der Waals surface area (Å²) in [6.45, 7) is 8.23. The average Bonchev–Trinajstić information content (AvgIpc) is 3.11. The molecule has 2 heteroatoms. The van der Waals surface area contributed by atoms with E-state index in [1.165, 1.54) is 56.3 Å². The first kappa shape index (κ1) is 15.1. The van der Waals surface area contributed by atoms with E-state index in [4.69, 9.17) is 0 Å². The quantitative estimate of drug-likeness (QED) is 0.817. The van der Waals surface area contributed by atoms with Gasteiger partial charge in [0.1, 0.15) is 0 Å². The van der Waals surface area contributed by atoms with Crippen molar-refractivity contribution >= 4 is 0 Å². The molecule has 1 aromatic rings. The maximum absolute atomic E-state index is 3.77. The third-order valence-corrected chi connectivity index (χ3v) is 5.43. The van der Waals surface area contributed by atoms with Crippen LogP contribution >= 0.6 is 0 Å². The molecule has 1 aromatic carbocycles. The topological polar surface area (TPSA) is 15.3 Å². The van der Waals surface area contributed by atoms with E-state index in [-0.39, 0.29) is 0 Å². The minimum absolute atomic E-state index is 0.519. The maximum Gasteiger partial charge on any atom is 0.0335 e. The van der Waals surface area contributed by atoms with Crippen molar-refractivity contribution in [3.8, 4) is 0 Å². The van der Waals surface area contributed by atoms with Gasteiger partial charge in [0.05, 0.1) is 0 Å². The van der Waals surface area contributed by atoms with Crippen LogP contribution < -0.4 is 5.32 Å². The van der Waals surface area contributed by atoms with Gasteiger partial charge in [-0.25, -0.2) is 0 Å². The van der Waals surface area contributed by atoms with Gasteiger partial charge in [-0.05, 0) is 62.6 Å². The Morgan fingerprint density at radius 2 is 2.14 bits per heavy atom. The van der Waals surface area contributed by atoms with Crippen LogP contribution in [0.15, 0.2) is 24.3 Å². The molecule has 3 unspecified atom stereocenters. The number of benzene rings is 1. The third kappa shape index (κ3) is 3.49. The second-order valence-corrected chi connectivity index (χ2v) is 6.98. The number of fused-ring (bicyclic) bond motifs is 2. The number of likely N-dealkylation sites (tertiary alicyclic amines) is 1. The summed E-state index contributed by atoms with van der Waals surface area (Å²) in [5, 5.41) is 3.77. The van der Waals surface area contributed by atoms with Crippen LogP contribution in [0.3, 0.4) is 0 Å². The molecule has 1 saturated heterocycles. The number of hydrogen-bond donors (Lipinski definition) is 1. The van der Waals surface area contributed by atoms with Crippen LogP contribution in [-0.4, -0.2) is 30.6 Å². The third-order valence-electron chi connectivity index (χ3n) is 5.43. The molecule has 116 valence electrons. The molecule has 0 spiro atoms. The molecule has 0 amide bonds. The molecule has 1 aliphatic heterocycles. The SMILES string of the molecule is CCCNC(CCN1CC2CCC1C2)c1ccccc1C. The van der Waals surface area contributed by atoms with Crippen molar-refractivity contribution in [2.45, 2.75) is 58.0 Å². The molecule has 1 heterocycles. The highest BCUT2D eigenvalue weighted by Gasteiger charge is 2.37. The molecule has 21 heavy (non-hydrogen) atoms. The monoisotopic (exact) mass is 286 g/mol. The molecule has 3 atom stereocenters. The summed E-state index contributed by atoms with van der Waals surface area (Å²) in [6.07, 6.45) is 6.85. The second kappa shape index (κ2) is 6.93. The predicted octanol–water partition coefficient (Wildman–Crippen LogP) is 3.91. The van der Waals surface area contributed by atoms with Crippen molar-refractivity contribution in [1.82, 2.24) is 10.2 Å². The lowest BCUT2D eigenvalue weighted by Gasteiger charge is -2.29. The van der Waals surface area contributed by atoms with E-state index < -0.39 is 0 Å². The smallest absolute Gasteiger partial charge is 0.0335 e. The Morgan fingerprint density at radius 1 is 1.29 bits per heavy atom. The molecule has 2 nitrogen and oxygen atoms in total. The van der Waals surface area contributed by atoms with E-state index in [2.05, 4.69) is 48.3 Å². The largest absolute Gasteiger partial charge is 0.310 e. The Hall–Kier alpha value is -0.860. The van der Waals surface area contributed by atoms with Crippen LogP contribution in [0.2, 0.25) is 0 Å². The van der Waals surface area contributed by atoms with E-state index >= 15 is 0 Å². The predicted molar refractivity (Wildman–Crippen MR) is 89.5 cm³/mol. The van der Waals surface area contributed by atoms with Crippen LogP contribution in [0.4, 0.5) is 0 Å². The molecular weight excluding hydrogens is 256 g/mol. The van der Waals surface area contributed by atoms with Crippen molar-refractivity contribution in [3.63, 3.8) is 0 Å². The fourth-order valence-corrected chi connectivity index (χ4v) is 4.26. The Labute approximate surface area is 129 Å². The molecule has 1 N–H and O–H groups in total. The van der Waals surface area contributed by atoms with Gasteiger partial charge in [-0.15, -0.1) is 0 Å². The number of rotatable bonds is 7. The highest BCUT2D eigenvalue weighted by atomic mass is 15.2. The maximum atomic E-state index is 3.77. The van der Waals surface area contributed by atoms with Gasteiger partial charge in [0.25, 0.3) is 0 Å². The zero-order valence-electron chi connectivity index (χ0n) is 13.6. The minimum atomic E-state index is 0.519. The van der Waals surface area contributed by atoms with Gasteiger partial charge >= 0.3 is 0 Å². The molecule has 0 radical (unpaired) electrons. The zero-order chi connectivity index (χ0) is 14.7. The van der Waals surface area contributed by atoms with Gasteiger partial charge in [0.15, 0.2) is 0 Å². The van der Waals surface area contributed by atoms with E-state index in [1.54, 1.807) is 0 Å². The first-order valence-corrected chi connectivity index (χ1v) is 8.81. The molecule has 2 fully saturated rings. The number of nitrogens with one attached hydrogen (secondary N) is 1. The van der Waals surface area contributed by atoms with E-state index in [0.717, 1.165) is 18.5 Å². The summed E-state index contributed by atoms with van der Waals surface area (Å²) in [6, 6.07) is 10.3. The molecule has 0 aromatic heterocycles. The summed E-state index contributed by atoms with van der Waals surface area (Å²) in [4.78, 5) is 2.76. The Morgan fingerprint density at radius 3 is 2.81 bits per heavy atom. The van der Waals surface area contributed by atoms with Crippen LogP contribution in [0.1, 0.15) is 56.2 Å². The fraction of sp³-hybridized carbons (Fsp3) is 0.684. The van der Waals surface area contributed by atoms with Gasteiger partial charge in [0.2, 0.25) is 0 Å². The van der Waals surface area contributed by atoms with E-state index in [1.807, 2.05) is 0 Å². The highest BCUT2D eigenvalue weighted by Crippen LogP contribution is 2.37. The Kier molecular flexibility index (Phi) is 4.97. The lowest BCUT2D eigenvalue weighted by Crippen LogP contribution is -2.35. The van der Waals surface area contributed by atoms with Crippen LogP contribution in [0, 0.1) is 12.8 Å². The summed E-state index contributed by atoms with van der Waals surface area (Å²) >= 11 is 0. The van der Waals surface area contributed by atoms with Crippen LogP contribution in [0.25, 0.3) is 0 Å². The van der Waals surface area contributed by atoms with Crippen molar-refractivity contribution in [1.29, 1.82) is 0 Å². The van der Waals surface area contributed by atoms with Crippen molar-refractivity contribution in [2.75, 3.05) is 19.6 Å². The number of nitrogens with zero attached hydrogens (tertiary/aromatic N) is 1. The lowest BCUT2D eigenvalue weighted by molar-refractivity contribution is 0.202. The molecule has 1 aliphatic carbocycles. The normalized spacial score (nSPS) is 26.4. The summed E-state index contributed by atoms with van der Waals surface area (Å²) in [7, 11) is 0. The summed E-state index contributed by atoms with van der Waals surface area (Å²) < 4.78 is 0. The number of piperidine rings is 1. The van der Waals surface area contributed by atoms with Crippen molar-refractivity contribution in [2.24, 2.45) is 5.92 Å². The lowest BCUT2D eigenvalue weighted by atomic mass is 9.98. The van der Waals surface area contributed by atoms with Gasteiger partial charge in [-0.1, -0.05) is 31.2 Å². The minimum Gasteiger partial charge on any atom is -0.310 e. The molecule has 3 rings (SSSR count). The van der Waals surface area contributed by atoms with Gasteiger partial charge in [-0.2, -0.15) is 0 Å². The summed E-state index contributed by atoms with van der Waals surface area (Å²) in [5.74, 6) is 1.01. The first-order valence-electron chi connectivity index (χ1n) is 8.81. The average molecular weight is 286 g/mol. The Bertz CT molecular complexity index is 457. The van der Waals surface area contributed by atoms with Gasteiger partial charge in [-0.3, -0.25) is 0 Å². The molecule has 1 saturated carbocycles. The van der Waals surface area contributed by atoms with Crippen LogP contribution in [0.5, 0.6) is 0 Å². The van der Waals surface area contributed by atoms with Gasteiger partial charge < -0.3 is 10.2 Å². The standard InChI is InChI=1S/C19H30N2/c1-3-11-20-19(18-7-5-4-6-15(18)2)10-12-21-14-16-8-9-17(21)13-16/h4-7,16-17,19-20H,3,8-14H2,1-2H3. The van der Waals surface area contributed by atoms with Crippen molar-refractivity contribution < 1.29 is 0 Å². The zero-order valence-corrected chi connectivity index (χ0v) is 13.6. The molecule has 2 bridgehead atoms. The van der Waals surface area contributed by atoms with Crippen molar-refractivity contribution in [3.05, 3.63) is 35.4 Å². The van der Waals surface area contributed by atoms with Gasteiger partial charge in [0, 0.05) is 25.2 Å². The van der Waals surface area contributed by atoms with Crippen LogP contribution in [-0.2, 0) is 0 Å². The number of hydrogen-bond acceptors (Lipinski definition) is 2. The second-order valence-electron chi connectivity index (χ2n) is 6.98. The molecule has 2 aliphatic rings. The highest BCUT2D eigenvalue weighted by molar-refractivity contribution is 5.28. The van der Waals surface area contributed by atoms with E-state index in [9.17, 15) is 0 Å². The Balaban J connectivity index is 1.61. The molecular formula is C19H30N2. The van der Waals surface area contributed by atoms with E-state index in [0.29, 0.717) is 6.04 Å².